The number of nitrogens with two attached hydrogens (primary N) is 1. The van der Waals surface area contributed by atoms with E-state index in [1.54, 1.807) is 25.3 Å². The number of hydrogen-bond acceptors (Lipinski definition) is 4. The predicted molar refractivity (Wildman–Crippen MR) is 69.1 cm³/mol. The maximum absolute atomic E-state index is 11.8. The average Bonchev–Trinajstić information content (AvgIpc) is 2.29. The van der Waals surface area contributed by atoms with Gasteiger partial charge in [0.1, 0.15) is 5.69 Å². The van der Waals surface area contributed by atoms with Crippen molar-refractivity contribution in [2.24, 2.45) is 5.73 Å². The van der Waals surface area contributed by atoms with E-state index < -0.39 is 5.91 Å². The number of primary amides is 1. The van der Waals surface area contributed by atoms with Crippen LogP contribution in [0.4, 0.5) is 5.69 Å². The molecular weight excluding hydrogens is 232 g/mol. The van der Waals surface area contributed by atoms with E-state index in [1.165, 1.54) is 0 Å². The molecule has 0 fully saturated rings. The molecule has 0 aromatic carbocycles. The van der Waals surface area contributed by atoms with Crippen LogP contribution in [0.2, 0.25) is 0 Å². The second-order valence-electron chi connectivity index (χ2n) is 4.01. The Morgan fingerprint density at radius 1 is 1.44 bits per heavy atom. The monoisotopic (exact) mass is 250 g/mol. The van der Waals surface area contributed by atoms with Gasteiger partial charge >= 0.3 is 0 Å². The Morgan fingerprint density at radius 2 is 2.17 bits per heavy atom. The lowest BCUT2D eigenvalue weighted by Gasteiger charge is -2.11. The molecule has 1 rings (SSSR count). The minimum absolute atomic E-state index is 0.112. The fourth-order valence-electron chi connectivity index (χ4n) is 1.49. The summed E-state index contributed by atoms with van der Waals surface area (Å²) in [6.07, 6.45) is 1.71. The zero-order valence-corrected chi connectivity index (χ0v) is 10.6. The Bertz CT molecular complexity index is 417. The number of hydrogen-bond donors (Lipinski definition) is 3. The normalized spacial score (nSPS) is 11.7. The minimum Gasteiger partial charge on any atom is -0.384 e. The fourth-order valence-corrected chi connectivity index (χ4v) is 1.49. The first kappa shape index (κ1) is 14.0. The predicted octanol–water partition coefficient (Wildman–Crippen LogP) is 0.507. The summed E-state index contributed by atoms with van der Waals surface area (Å²) in [7, 11) is 0. The second kappa shape index (κ2) is 6.58. The molecule has 1 aromatic heterocycles. The van der Waals surface area contributed by atoms with Crippen LogP contribution in [-0.2, 0) is 4.79 Å². The topological polar surface area (TPSA) is 97.1 Å². The molecule has 1 heterocycles. The van der Waals surface area contributed by atoms with E-state index in [0.29, 0.717) is 5.69 Å². The van der Waals surface area contributed by atoms with E-state index in [2.05, 4.69) is 15.6 Å². The highest BCUT2D eigenvalue weighted by molar-refractivity contribution is 5.93. The number of aromatic nitrogens is 1. The van der Waals surface area contributed by atoms with E-state index in [0.717, 1.165) is 12.2 Å². The van der Waals surface area contributed by atoms with Crippen molar-refractivity contribution in [3.63, 3.8) is 0 Å². The summed E-state index contributed by atoms with van der Waals surface area (Å²) in [4.78, 5) is 26.5. The molecule has 0 saturated carbocycles. The van der Waals surface area contributed by atoms with Crippen LogP contribution in [0.15, 0.2) is 18.3 Å². The van der Waals surface area contributed by atoms with Gasteiger partial charge in [-0.3, -0.25) is 9.59 Å². The second-order valence-corrected chi connectivity index (χ2v) is 4.01. The van der Waals surface area contributed by atoms with Gasteiger partial charge in [-0.05, 0) is 26.0 Å². The number of amides is 2. The quantitative estimate of drug-likeness (QED) is 0.685. The van der Waals surface area contributed by atoms with Gasteiger partial charge in [0.05, 0.1) is 11.9 Å². The zero-order chi connectivity index (χ0) is 13.5. The molecule has 0 aliphatic rings. The molecule has 0 spiro atoms. The molecule has 0 aliphatic carbocycles. The largest absolute Gasteiger partial charge is 0.384 e. The molecular formula is C12H18N4O2. The Morgan fingerprint density at radius 3 is 2.67 bits per heavy atom. The molecule has 6 nitrogen and oxygen atoms in total. The van der Waals surface area contributed by atoms with Gasteiger partial charge in [-0.15, -0.1) is 0 Å². The first-order valence-electron chi connectivity index (χ1n) is 5.82. The zero-order valence-electron chi connectivity index (χ0n) is 10.6. The van der Waals surface area contributed by atoms with E-state index >= 15 is 0 Å². The third-order valence-electron chi connectivity index (χ3n) is 2.26. The van der Waals surface area contributed by atoms with Crippen molar-refractivity contribution < 1.29 is 9.59 Å². The molecule has 18 heavy (non-hydrogen) atoms. The highest BCUT2D eigenvalue weighted by Gasteiger charge is 2.12. The number of nitrogens with zero attached hydrogens (tertiary/aromatic N) is 1. The first-order chi connectivity index (χ1) is 8.52. The van der Waals surface area contributed by atoms with E-state index in [9.17, 15) is 9.59 Å². The van der Waals surface area contributed by atoms with Crippen molar-refractivity contribution in [3.8, 4) is 0 Å². The SMILES string of the molecule is CCNc1ccc(C(=O)NC(C)CC(N)=O)nc1. The molecule has 1 aromatic rings. The lowest BCUT2D eigenvalue weighted by molar-refractivity contribution is -0.118. The molecule has 0 bridgehead atoms. The summed E-state index contributed by atoms with van der Waals surface area (Å²) < 4.78 is 0. The lowest BCUT2D eigenvalue weighted by atomic mass is 10.2. The standard InChI is InChI=1S/C12H18N4O2/c1-3-14-9-4-5-10(15-7-9)12(18)16-8(2)6-11(13)17/h4-5,7-8,14H,3,6H2,1-2H3,(H2,13,17)(H,16,18). The van der Waals surface area contributed by atoms with Crippen LogP contribution in [-0.4, -0.2) is 29.4 Å². The summed E-state index contributed by atoms with van der Waals surface area (Å²) >= 11 is 0. The highest BCUT2D eigenvalue weighted by Crippen LogP contribution is 2.06. The van der Waals surface area contributed by atoms with Crippen molar-refractivity contribution in [2.75, 3.05) is 11.9 Å². The fraction of sp³-hybridized carbons (Fsp3) is 0.417. The summed E-state index contributed by atoms with van der Waals surface area (Å²) in [6, 6.07) is 3.11. The van der Waals surface area contributed by atoms with Crippen molar-refractivity contribution in [2.45, 2.75) is 26.3 Å². The van der Waals surface area contributed by atoms with Crippen LogP contribution in [0.3, 0.4) is 0 Å². The Balaban J connectivity index is 2.58. The van der Waals surface area contributed by atoms with E-state index in [1.807, 2.05) is 6.92 Å². The summed E-state index contributed by atoms with van der Waals surface area (Å²) in [5, 5.41) is 5.74. The number of pyridine rings is 1. The molecule has 0 saturated heterocycles. The average molecular weight is 250 g/mol. The van der Waals surface area contributed by atoms with Gasteiger partial charge in [0.15, 0.2) is 0 Å². The Kier molecular flexibility index (Phi) is 5.10. The van der Waals surface area contributed by atoms with Crippen molar-refractivity contribution in [1.29, 1.82) is 0 Å². The van der Waals surface area contributed by atoms with Crippen LogP contribution in [0.5, 0.6) is 0 Å². The van der Waals surface area contributed by atoms with E-state index in [4.69, 9.17) is 5.73 Å². The van der Waals surface area contributed by atoms with Crippen LogP contribution in [0, 0.1) is 0 Å². The Hall–Kier alpha value is -2.11. The van der Waals surface area contributed by atoms with Crippen LogP contribution in [0.25, 0.3) is 0 Å². The third kappa shape index (κ3) is 4.40. The summed E-state index contributed by atoms with van der Waals surface area (Å²) in [5.74, 6) is -0.759. The molecule has 6 heteroatoms. The molecule has 1 atom stereocenters. The van der Waals surface area contributed by atoms with Gasteiger partial charge in [-0.25, -0.2) is 4.98 Å². The van der Waals surface area contributed by atoms with Gasteiger partial charge in [0.25, 0.3) is 5.91 Å². The van der Waals surface area contributed by atoms with Crippen LogP contribution >= 0.6 is 0 Å². The number of carbonyl (C=O) groups is 2. The number of carbonyl (C=O) groups excluding carboxylic acids is 2. The van der Waals surface area contributed by atoms with Gasteiger partial charge in [0, 0.05) is 19.0 Å². The minimum atomic E-state index is -0.446. The Labute approximate surface area is 106 Å². The molecule has 0 radical (unpaired) electrons. The van der Waals surface area contributed by atoms with Crippen molar-refractivity contribution in [3.05, 3.63) is 24.0 Å². The maximum Gasteiger partial charge on any atom is 0.270 e. The molecule has 2 amide bonds. The van der Waals surface area contributed by atoms with Crippen LogP contribution in [0.1, 0.15) is 30.8 Å². The number of nitrogens with one attached hydrogen (secondary N) is 2. The maximum atomic E-state index is 11.8. The van der Waals surface area contributed by atoms with Crippen molar-refractivity contribution >= 4 is 17.5 Å². The van der Waals surface area contributed by atoms with Gasteiger partial charge in [-0.1, -0.05) is 0 Å². The third-order valence-corrected chi connectivity index (χ3v) is 2.26. The number of anilines is 1. The van der Waals surface area contributed by atoms with Gasteiger partial charge in [-0.2, -0.15) is 0 Å². The van der Waals surface area contributed by atoms with Crippen molar-refractivity contribution in [1.82, 2.24) is 10.3 Å². The molecule has 0 aliphatic heterocycles. The van der Waals surface area contributed by atoms with Crippen LogP contribution < -0.4 is 16.4 Å². The smallest absolute Gasteiger partial charge is 0.270 e. The lowest BCUT2D eigenvalue weighted by Crippen LogP contribution is -2.36. The number of rotatable bonds is 6. The first-order valence-corrected chi connectivity index (χ1v) is 5.82. The van der Waals surface area contributed by atoms with Gasteiger partial charge < -0.3 is 16.4 Å². The molecule has 4 N–H and O–H groups in total. The highest BCUT2D eigenvalue weighted by atomic mass is 16.2. The van der Waals surface area contributed by atoms with Gasteiger partial charge in [0.2, 0.25) is 5.91 Å². The summed E-state index contributed by atoms with van der Waals surface area (Å²) in [6.45, 7) is 4.49. The van der Waals surface area contributed by atoms with E-state index in [-0.39, 0.29) is 18.4 Å². The molecule has 1 unspecified atom stereocenters. The summed E-state index contributed by atoms with van der Waals surface area (Å²) in [5.41, 5.74) is 6.22. The molecule has 98 valence electrons.